The molecular formula is C53H75F3N4O11. The fraction of sp³-hybridized carbons (Fsp3) is 0.566. The maximum Gasteiger partial charge on any atom is 0.471 e. The van der Waals surface area contributed by atoms with E-state index in [1.807, 2.05) is 78.1 Å². The highest BCUT2D eigenvalue weighted by Gasteiger charge is 2.44. The van der Waals surface area contributed by atoms with E-state index in [2.05, 4.69) is 31.0 Å². The number of amides is 3. The van der Waals surface area contributed by atoms with Crippen LogP contribution in [0.15, 0.2) is 72.8 Å². The van der Waals surface area contributed by atoms with E-state index in [1.54, 1.807) is 26.2 Å². The number of esters is 1. The fourth-order valence-corrected chi connectivity index (χ4v) is 8.18. The Morgan fingerprint density at radius 2 is 1.07 bits per heavy atom. The smallest absolute Gasteiger partial charge is 0.471 e. The lowest BCUT2D eigenvalue weighted by molar-refractivity contribution is -0.173. The molecule has 0 bridgehead atoms. The first kappa shape index (κ1) is 59.4. The first-order valence-corrected chi connectivity index (χ1v) is 24.6. The second kappa shape index (κ2) is 30.8. The number of carbonyl (C=O) groups excluding carboxylic acids is 4. The van der Waals surface area contributed by atoms with Gasteiger partial charge in [0, 0.05) is 44.4 Å². The number of ether oxygens (including phenoxy) is 5. The molecule has 4 rings (SSSR count). The number of carboxylic acids is 1. The van der Waals surface area contributed by atoms with Gasteiger partial charge in [-0.25, -0.2) is 0 Å². The molecule has 0 aliphatic carbocycles. The number of likely N-dealkylation sites (tertiary alicyclic amines) is 1. The number of carboxylic acid groups (broad SMARTS) is 1. The van der Waals surface area contributed by atoms with Crippen molar-refractivity contribution < 1.29 is 65.9 Å². The number of halogens is 3. The van der Waals surface area contributed by atoms with E-state index in [0.29, 0.717) is 94.7 Å². The number of methoxy groups -OCH3 is 3. The molecule has 3 N–H and O–H groups in total. The molecule has 0 unspecified atom stereocenters. The fourth-order valence-electron chi connectivity index (χ4n) is 8.18. The van der Waals surface area contributed by atoms with Gasteiger partial charge in [0.25, 0.3) is 0 Å². The van der Waals surface area contributed by atoms with Crippen LogP contribution in [0.3, 0.4) is 0 Å². The zero-order valence-electron chi connectivity index (χ0n) is 42.3. The highest BCUT2D eigenvalue weighted by Crippen LogP contribution is 2.45. The van der Waals surface area contributed by atoms with E-state index < -0.39 is 35.0 Å². The molecule has 1 aliphatic heterocycles. The summed E-state index contributed by atoms with van der Waals surface area (Å²) in [5.74, 6) is -1.96. The maximum atomic E-state index is 13.4. The van der Waals surface area contributed by atoms with Gasteiger partial charge in [-0.3, -0.25) is 24.0 Å². The quantitative estimate of drug-likeness (QED) is 0.0344. The Morgan fingerprint density at radius 1 is 0.620 bits per heavy atom. The topological polar surface area (TPSA) is 182 Å². The standard InChI is InChI=1S/C47H60F3N3O11.C6H15N/c1-60-37-18-12-34(13-19-37)46(35-14-20-38(61-2)21-15-35,36-16-22-39(62-3)23-17-36)64-33-45(32-63-43(58)25-24-42(56)57)26-30-53(31-27-45)41(55)11-7-5-8-28-51-40(54)10-6-4-9-29-52-44(59)47(48,49)50;1-4-7(5-2)6-3/h12-23H,4-11,24-33H2,1-3H3,(H,51,54)(H,52,59)(H,56,57);4-6H2,1-3H3. The molecule has 1 aliphatic rings. The molecule has 3 amide bonds. The van der Waals surface area contributed by atoms with E-state index in [0.717, 1.165) is 16.7 Å². The van der Waals surface area contributed by atoms with Crippen LogP contribution in [0.1, 0.15) is 115 Å². The zero-order chi connectivity index (χ0) is 52.3. The second-order valence-corrected chi connectivity index (χ2v) is 17.4. The Labute approximate surface area is 417 Å². The van der Waals surface area contributed by atoms with Gasteiger partial charge in [-0.15, -0.1) is 0 Å². The lowest BCUT2D eigenvalue weighted by atomic mass is 9.77. The van der Waals surface area contributed by atoms with Crippen LogP contribution in [0.4, 0.5) is 13.2 Å². The summed E-state index contributed by atoms with van der Waals surface area (Å²) in [4.78, 5) is 64.7. The van der Waals surface area contributed by atoms with Gasteiger partial charge in [0.05, 0.1) is 47.4 Å². The van der Waals surface area contributed by atoms with Crippen molar-refractivity contribution in [3.63, 3.8) is 0 Å². The van der Waals surface area contributed by atoms with Crippen molar-refractivity contribution in [2.75, 3.05) is 80.4 Å². The van der Waals surface area contributed by atoms with Crippen molar-refractivity contribution in [3.8, 4) is 17.2 Å². The van der Waals surface area contributed by atoms with Gasteiger partial charge in [-0.05, 0) is 111 Å². The molecule has 0 radical (unpaired) electrons. The van der Waals surface area contributed by atoms with Crippen LogP contribution in [-0.2, 0) is 39.0 Å². The van der Waals surface area contributed by atoms with Gasteiger partial charge in [-0.2, -0.15) is 13.2 Å². The number of carbonyl (C=O) groups is 5. The maximum absolute atomic E-state index is 13.4. The Bertz CT molecular complexity index is 1940. The van der Waals surface area contributed by atoms with Crippen LogP contribution in [0, 0.1) is 5.41 Å². The summed E-state index contributed by atoms with van der Waals surface area (Å²) in [6.45, 7) is 11.2. The molecule has 0 spiro atoms. The third-order valence-corrected chi connectivity index (χ3v) is 12.7. The molecule has 0 atom stereocenters. The second-order valence-electron chi connectivity index (χ2n) is 17.4. The first-order valence-electron chi connectivity index (χ1n) is 24.6. The van der Waals surface area contributed by atoms with Gasteiger partial charge in [0.1, 0.15) is 22.8 Å². The summed E-state index contributed by atoms with van der Waals surface area (Å²) in [7, 11) is 4.77. The first-order chi connectivity index (χ1) is 34.0. The van der Waals surface area contributed by atoms with Gasteiger partial charge < -0.3 is 49.2 Å². The molecule has 1 heterocycles. The number of piperidine rings is 1. The van der Waals surface area contributed by atoms with Gasteiger partial charge in [0.15, 0.2) is 0 Å². The van der Waals surface area contributed by atoms with Gasteiger partial charge >= 0.3 is 24.0 Å². The number of benzene rings is 3. The Morgan fingerprint density at radius 3 is 1.48 bits per heavy atom. The molecule has 3 aromatic carbocycles. The van der Waals surface area contributed by atoms with Crippen LogP contribution in [-0.4, -0.2) is 131 Å². The molecular weight excluding hydrogens is 926 g/mol. The summed E-state index contributed by atoms with van der Waals surface area (Å²) in [5, 5.41) is 13.8. The minimum atomic E-state index is -4.91. The number of alkyl halides is 3. The molecule has 0 saturated carbocycles. The van der Waals surface area contributed by atoms with Crippen molar-refractivity contribution in [1.82, 2.24) is 20.4 Å². The van der Waals surface area contributed by atoms with Crippen molar-refractivity contribution in [3.05, 3.63) is 89.5 Å². The molecule has 18 heteroatoms. The highest BCUT2D eigenvalue weighted by atomic mass is 19.4. The van der Waals surface area contributed by atoms with E-state index in [1.165, 1.54) is 19.6 Å². The van der Waals surface area contributed by atoms with E-state index in [-0.39, 0.29) is 50.8 Å². The number of hydrogen-bond donors (Lipinski definition) is 3. The molecule has 3 aromatic rings. The normalized spacial score (nSPS) is 13.4. The number of nitrogens with zero attached hydrogens (tertiary/aromatic N) is 2. The number of rotatable bonds is 29. The summed E-state index contributed by atoms with van der Waals surface area (Å²) in [6.07, 6.45) is -0.889. The summed E-state index contributed by atoms with van der Waals surface area (Å²) in [6, 6.07) is 22.7. The third-order valence-electron chi connectivity index (χ3n) is 12.7. The zero-order valence-corrected chi connectivity index (χ0v) is 42.3. The van der Waals surface area contributed by atoms with Crippen LogP contribution in [0.25, 0.3) is 0 Å². The number of unbranched alkanes of at least 4 members (excludes halogenated alkanes) is 4. The van der Waals surface area contributed by atoms with E-state index >= 15 is 0 Å². The van der Waals surface area contributed by atoms with Gasteiger partial charge in [0.2, 0.25) is 11.8 Å². The van der Waals surface area contributed by atoms with Crippen LogP contribution in [0.2, 0.25) is 0 Å². The lowest BCUT2D eigenvalue weighted by Crippen LogP contribution is -2.49. The average Bonchev–Trinajstić information content (AvgIpc) is 3.38. The Hall–Kier alpha value is -5.88. The predicted octanol–water partition coefficient (Wildman–Crippen LogP) is 8.30. The summed E-state index contributed by atoms with van der Waals surface area (Å²) < 4.78 is 66.3. The van der Waals surface area contributed by atoms with Crippen molar-refractivity contribution in [1.29, 1.82) is 0 Å². The molecule has 0 aromatic heterocycles. The largest absolute Gasteiger partial charge is 0.497 e. The highest BCUT2D eigenvalue weighted by molar-refractivity contribution is 5.81. The van der Waals surface area contributed by atoms with Crippen LogP contribution < -0.4 is 24.8 Å². The average molecular weight is 1000 g/mol. The predicted molar refractivity (Wildman–Crippen MR) is 263 cm³/mol. The van der Waals surface area contributed by atoms with Crippen LogP contribution in [0.5, 0.6) is 17.2 Å². The monoisotopic (exact) mass is 1000 g/mol. The molecule has 71 heavy (non-hydrogen) atoms. The molecule has 394 valence electrons. The number of aliphatic carboxylic acids is 1. The minimum Gasteiger partial charge on any atom is -0.497 e. The Kier molecular flexibility index (Phi) is 25.8. The van der Waals surface area contributed by atoms with Crippen molar-refractivity contribution >= 4 is 29.7 Å². The minimum absolute atomic E-state index is 0.0209. The number of hydrogen-bond acceptors (Lipinski definition) is 11. The summed E-state index contributed by atoms with van der Waals surface area (Å²) >= 11 is 0. The SMILES string of the molecule is CCN(CC)CC.COc1ccc(C(OCC2(COC(=O)CCC(=O)O)CCN(C(=O)CCCCCNC(=O)CCCCCNC(=O)C(F)(F)F)CC2)(c2ccc(OC)cc2)c2ccc(OC)cc2)cc1. The van der Waals surface area contributed by atoms with Gasteiger partial charge in [-0.1, -0.05) is 70.0 Å². The molecule has 1 fully saturated rings. The Balaban J connectivity index is 0.00000176. The van der Waals surface area contributed by atoms with Crippen molar-refractivity contribution in [2.24, 2.45) is 5.41 Å². The molecule has 1 saturated heterocycles. The summed E-state index contributed by atoms with van der Waals surface area (Å²) in [5.41, 5.74) is 0.406. The third kappa shape index (κ3) is 19.7. The number of nitrogens with one attached hydrogen (secondary N) is 2. The van der Waals surface area contributed by atoms with E-state index in [9.17, 15) is 42.3 Å². The lowest BCUT2D eigenvalue weighted by Gasteiger charge is -2.44. The van der Waals surface area contributed by atoms with Crippen LogP contribution >= 0.6 is 0 Å². The molecule has 15 nitrogen and oxygen atoms in total. The van der Waals surface area contributed by atoms with Crippen molar-refractivity contribution in [2.45, 2.75) is 110 Å². The van der Waals surface area contributed by atoms with E-state index in [4.69, 9.17) is 23.7 Å².